The molecule has 2 rings (SSSR count). The van der Waals surface area contributed by atoms with Gasteiger partial charge in [-0.2, -0.15) is 4.98 Å². The van der Waals surface area contributed by atoms with Crippen molar-refractivity contribution in [2.24, 2.45) is 0 Å². The van der Waals surface area contributed by atoms with Crippen molar-refractivity contribution >= 4 is 0 Å². The second-order valence-corrected chi connectivity index (χ2v) is 5.57. The molecular weight excluding hydrogens is 262 g/mol. The number of rotatable bonds is 7. The van der Waals surface area contributed by atoms with Crippen molar-refractivity contribution in [2.75, 3.05) is 6.54 Å². The van der Waals surface area contributed by atoms with Gasteiger partial charge < -0.3 is 9.84 Å². The number of nitrogens with one attached hydrogen (secondary N) is 1. The van der Waals surface area contributed by atoms with Gasteiger partial charge in [-0.15, -0.1) is 0 Å². The number of aryl methyl sites for hydroxylation is 1. The first-order valence-electron chi connectivity index (χ1n) is 7.75. The Morgan fingerprint density at radius 2 is 1.90 bits per heavy atom. The maximum atomic E-state index is 5.48. The molecule has 0 bridgehead atoms. The Morgan fingerprint density at radius 3 is 2.52 bits per heavy atom. The molecule has 1 N–H and O–H groups in total. The number of likely N-dealkylation sites (N-methyl/N-ethyl adjacent to an activating group) is 1. The third-order valence-corrected chi connectivity index (χ3v) is 3.85. The summed E-state index contributed by atoms with van der Waals surface area (Å²) in [7, 11) is 0. The third-order valence-electron chi connectivity index (χ3n) is 3.85. The second kappa shape index (κ2) is 7.36. The topological polar surface area (TPSA) is 51.0 Å². The summed E-state index contributed by atoms with van der Waals surface area (Å²) in [5.41, 5.74) is 2.47. The van der Waals surface area contributed by atoms with E-state index in [1.54, 1.807) is 0 Å². The molecule has 0 fully saturated rings. The van der Waals surface area contributed by atoms with Gasteiger partial charge in [-0.05, 0) is 32.4 Å². The molecule has 1 aromatic carbocycles. The predicted molar refractivity (Wildman–Crippen MR) is 84.5 cm³/mol. The molecule has 4 nitrogen and oxygen atoms in total. The maximum absolute atomic E-state index is 5.48. The van der Waals surface area contributed by atoms with Gasteiger partial charge in [0, 0.05) is 12.5 Å². The van der Waals surface area contributed by atoms with Crippen molar-refractivity contribution in [2.45, 2.75) is 52.5 Å². The van der Waals surface area contributed by atoms with Crippen molar-refractivity contribution in [1.82, 2.24) is 15.5 Å². The molecule has 114 valence electrons. The first-order chi connectivity index (χ1) is 10.1. The lowest BCUT2D eigenvalue weighted by Gasteiger charge is -2.19. The smallest absolute Gasteiger partial charge is 0.231 e. The SMILES string of the molecule is CCNC(C)C(CC)c1nc(Cc2ccc(C)cc2)no1. The Hall–Kier alpha value is -1.68. The van der Waals surface area contributed by atoms with E-state index in [1.165, 1.54) is 11.1 Å². The number of benzene rings is 1. The van der Waals surface area contributed by atoms with Gasteiger partial charge in [0.2, 0.25) is 5.89 Å². The summed E-state index contributed by atoms with van der Waals surface area (Å²) >= 11 is 0. The minimum absolute atomic E-state index is 0.268. The van der Waals surface area contributed by atoms with E-state index in [0.717, 1.165) is 31.1 Å². The number of hydrogen-bond donors (Lipinski definition) is 1. The largest absolute Gasteiger partial charge is 0.339 e. The van der Waals surface area contributed by atoms with Gasteiger partial charge in [-0.25, -0.2) is 0 Å². The van der Waals surface area contributed by atoms with E-state index in [9.17, 15) is 0 Å². The predicted octanol–water partition coefficient (Wildman–Crippen LogP) is 3.46. The van der Waals surface area contributed by atoms with Crippen molar-refractivity contribution in [3.05, 3.63) is 47.1 Å². The Labute approximate surface area is 127 Å². The van der Waals surface area contributed by atoms with Crippen LogP contribution in [0.1, 0.15) is 56.0 Å². The Balaban J connectivity index is 2.07. The van der Waals surface area contributed by atoms with Gasteiger partial charge in [0.1, 0.15) is 0 Å². The lowest BCUT2D eigenvalue weighted by Crippen LogP contribution is -2.31. The molecule has 2 unspecified atom stereocenters. The van der Waals surface area contributed by atoms with Gasteiger partial charge in [0.25, 0.3) is 0 Å². The van der Waals surface area contributed by atoms with E-state index in [4.69, 9.17) is 4.52 Å². The summed E-state index contributed by atoms with van der Waals surface area (Å²) in [5, 5.41) is 7.56. The molecule has 0 saturated heterocycles. The van der Waals surface area contributed by atoms with E-state index in [0.29, 0.717) is 6.04 Å². The lowest BCUT2D eigenvalue weighted by atomic mass is 9.98. The molecule has 0 radical (unpaired) electrons. The molecule has 4 heteroatoms. The normalized spacial score (nSPS) is 14.1. The average Bonchev–Trinajstić information content (AvgIpc) is 2.91. The highest BCUT2D eigenvalue weighted by Crippen LogP contribution is 2.22. The van der Waals surface area contributed by atoms with E-state index in [1.807, 2.05) is 0 Å². The summed E-state index contributed by atoms with van der Waals surface area (Å²) in [6.07, 6.45) is 1.70. The Bertz CT molecular complexity index is 547. The zero-order valence-corrected chi connectivity index (χ0v) is 13.4. The summed E-state index contributed by atoms with van der Waals surface area (Å²) < 4.78 is 5.48. The minimum Gasteiger partial charge on any atom is -0.339 e. The van der Waals surface area contributed by atoms with Crippen LogP contribution in [0.3, 0.4) is 0 Å². The van der Waals surface area contributed by atoms with Crippen molar-refractivity contribution in [3.63, 3.8) is 0 Å². The molecule has 1 aromatic heterocycles. The zero-order chi connectivity index (χ0) is 15.2. The molecule has 0 aliphatic rings. The highest BCUT2D eigenvalue weighted by molar-refractivity contribution is 5.23. The van der Waals surface area contributed by atoms with Crippen LogP contribution < -0.4 is 5.32 Å². The van der Waals surface area contributed by atoms with Crippen LogP contribution in [0.5, 0.6) is 0 Å². The number of nitrogens with zero attached hydrogens (tertiary/aromatic N) is 2. The average molecular weight is 287 g/mol. The molecule has 21 heavy (non-hydrogen) atoms. The Kier molecular flexibility index (Phi) is 5.51. The molecular formula is C17H25N3O. The van der Waals surface area contributed by atoms with E-state index in [-0.39, 0.29) is 5.92 Å². The standard InChI is InChI=1S/C17H25N3O/c1-5-15(13(4)18-6-2)17-19-16(20-21-17)11-14-9-7-12(3)8-10-14/h7-10,13,15,18H,5-6,11H2,1-4H3. The first-order valence-corrected chi connectivity index (χ1v) is 7.75. The molecule has 0 amide bonds. The third kappa shape index (κ3) is 4.14. The summed E-state index contributed by atoms with van der Waals surface area (Å²) in [6.45, 7) is 9.47. The fraction of sp³-hybridized carbons (Fsp3) is 0.529. The van der Waals surface area contributed by atoms with Crippen molar-refractivity contribution in [1.29, 1.82) is 0 Å². The van der Waals surface area contributed by atoms with Crippen LogP contribution in [0.15, 0.2) is 28.8 Å². The highest BCUT2D eigenvalue weighted by atomic mass is 16.5. The van der Waals surface area contributed by atoms with Gasteiger partial charge in [-0.3, -0.25) is 0 Å². The van der Waals surface area contributed by atoms with Crippen LogP contribution in [0, 0.1) is 6.92 Å². The molecule has 0 aliphatic heterocycles. The van der Waals surface area contributed by atoms with Crippen LogP contribution >= 0.6 is 0 Å². The minimum atomic E-state index is 0.268. The van der Waals surface area contributed by atoms with Crippen molar-refractivity contribution in [3.8, 4) is 0 Å². The number of hydrogen-bond acceptors (Lipinski definition) is 4. The molecule has 1 heterocycles. The summed E-state index contributed by atoms with van der Waals surface area (Å²) in [5.74, 6) is 1.77. The fourth-order valence-corrected chi connectivity index (χ4v) is 2.58. The summed E-state index contributed by atoms with van der Waals surface area (Å²) in [4.78, 5) is 4.58. The Morgan fingerprint density at radius 1 is 1.19 bits per heavy atom. The van der Waals surface area contributed by atoms with E-state index in [2.05, 4.69) is 67.4 Å². The highest BCUT2D eigenvalue weighted by Gasteiger charge is 2.23. The lowest BCUT2D eigenvalue weighted by molar-refractivity contribution is 0.316. The van der Waals surface area contributed by atoms with Crippen LogP contribution in [0.2, 0.25) is 0 Å². The molecule has 2 aromatic rings. The van der Waals surface area contributed by atoms with Gasteiger partial charge in [0.15, 0.2) is 5.82 Å². The fourth-order valence-electron chi connectivity index (χ4n) is 2.58. The zero-order valence-electron chi connectivity index (χ0n) is 13.4. The van der Waals surface area contributed by atoms with Crippen molar-refractivity contribution < 1.29 is 4.52 Å². The molecule has 0 spiro atoms. The molecule has 2 atom stereocenters. The van der Waals surface area contributed by atoms with E-state index >= 15 is 0 Å². The number of aromatic nitrogens is 2. The van der Waals surface area contributed by atoms with Crippen LogP contribution in [0.25, 0.3) is 0 Å². The first kappa shape index (κ1) is 15.7. The van der Waals surface area contributed by atoms with Gasteiger partial charge in [0.05, 0.1) is 5.92 Å². The quantitative estimate of drug-likeness (QED) is 0.847. The summed E-state index contributed by atoms with van der Waals surface area (Å²) in [6, 6.07) is 8.79. The van der Waals surface area contributed by atoms with Gasteiger partial charge in [-0.1, -0.05) is 48.8 Å². The van der Waals surface area contributed by atoms with Crippen LogP contribution in [0.4, 0.5) is 0 Å². The van der Waals surface area contributed by atoms with Crippen LogP contribution in [-0.2, 0) is 6.42 Å². The maximum Gasteiger partial charge on any atom is 0.231 e. The van der Waals surface area contributed by atoms with E-state index < -0.39 is 0 Å². The van der Waals surface area contributed by atoms with Crippen LogP contribution in [-0.4, -0.2) is 22.7 Å². The second-order valence-electron chi connectivity index (χ2n) is 5.57. The monoisotopic (exact) mass is 287 g/mol. The van der Waals surface area contributed by atoms with Gasteiger partial charge >= 0.3 is 0 Å². The molecule has 0 saturated carbocycles. The molecule has 0 aliphatic carbocycles.